The molecule has 1 aliphatic rings. The van der Waals surface area contributed by atoms with E-state index in [9.17, 15) is 22.8 Å². The minimum absolute atomic E-state index is 0.000660. The molecule has 3 N–H and O–H groups in total. The van der Waals surface area contributed by atoms with Gasteiger partial charge in [-0.3, -0.25) is 14.5 Å². The molecule has 0 saturated heterocycles. The third-order valence-electron chi connectivity index (χ3n) is 5.99. The predicted octanol–water partition coefficient (Wildman–Crippen LogP) is 4.06. The Kier molecular flexibility index (Phi) is 6.81. The second-order valence-corrected chi connectivity index (χ2v) is 8.88. The molecule has 0 bridgehead atoms. The van der Waals surface area contributed by atoms with Gasteiger partial charge in [-0.1, -0.05) is 13.8 Å². The van der Waals surface area contributed by atoms with Crippen LogP contribution in [0.1, 0.15) is 61.6 Å². The van der Waals surface area contributed by atoms with Gasteiger partial charge in [0.15, 0.2) is 5.96 Å². The maximum absolute atomic E-state index is 14.3. The maximum Gasteiger partial charge on any atom is 0.251 e. The van der Waals surface area contributed by atoms with E-state index in [1.807, 2.05) is 20.8 Å². The summed E-state index contributed by atoms with van der Waals surface area (Å²) in [5.41, 5.74) is 6.01. The number of nitrogens with one attached hydrogen (secondary N) is 1. The summed E-state index contributed by atoms with van der Waals surface area (Å²) in [5, 5.41) is 2.60. The molecule has 0 saturated carbocycles. The van der Waals surface area contributed by atoms with E-state index in [-0.39, 0.29) is 41.9 Å². The van der Waals surface area contributed by atoms with Crippen molar-refractivity contribution in [1.29, 1.82) is 0 Å². The first-order valence-electron chi connectivity index (χ1n) is 10.6. The van der Waals surface area contributed by atoms with Gasteiger partial charge < -0.3 is 11.1 Å². The van der Waals surface area contributed by atoms with Gasteiger partial charge in [-0.25, -0.2) is 18.2 Å². The molecule has 2 aromatic carbocycles. The molecule has 0 radical (unpaired) electrons. The smallest absolute Gasteiger partial charge is 0.251 e. The molecule has 1 aliphatic heterocycles. The fraction of sp³-hybridized carbons (Fsp3) is 0.375. The number of nitrogens with zero attached hydrogens (tertiary/aromatic N) is 2. The molecule has 2 aromatic rings. The van der Waals surface area contributed by atoms with E-state index in [0.717, 1.165) is 24.3 Å². The van der Waals surface area contributed by atoms with Crippen LogP contribution in [-0.2, 0) is 11.3 Å². The predicted molar refractivity (Wildman–Crippen MR) is 119 cm³/mol. The van der Waals surface area contributed by atoms with Crippen molar-refractivity contribution in [1.82, 2.24) is 10.2 Å². The fourth-order valence-corrected chi connectivity index (χ4v) is 3.64. The van der Waals surface area contributed by atoms with Crippen molar-refractivity contribution in [2.24, 2.45) is 16.6 Å². The SMILES string of the molecule is CC(C)[C@]1(C)CC(=O)N(Cc2cc(F)cc(C(=O)N[C@@H](C)c3cc(F)cc(F)c3)c2)C(N)=N1. The highest BCUT2D eigenvalue weighted by atomic mass is 19.1. The molecule has 0 unspecified atom stereocenters. The van der Waals surface area contributed by atoms with Crippen LogP contribution in [0.3, 0.4) is 0 Å². The molecule has 9 heteroatoms. The summed E-state index contributed by atoms with van der Waals surface area (Å²) in [4.78, 5) is 31.1. The van der Waals surface area contributed by atoms with Gasteiger partial charge in [0.25, 0.3) is 5.91 Å². The van der Waals surface area contributed by atoms with Crippen molar-refractivity contribution in [3.05, 3.63) is 70.5 Å². The summed E-state index contributed by atoms with van der Waals surface area (Å²) < 4.78 is 41.2. The minimum atomic E-state index is -0.766. The minimum Gasteiger partial charge on any atom is -0.369 e. The van der Waals surface area contributed by atoms with Crippen LogP contribution in [0.4, 0.5) is 13.2 Å². The van der Waals surface area contributed by atoms with Crippen molar-refractivity contribution in [2.75, 3.05) is 0 Å². The standard InChI is InChI=1S/C24H27F3N4O2/c1-13(2)24(4)11-21(32)31(23(28)30-24)12-15-5-17(9-18(25)6-15)22(33)29-14(3)16-7-19(26)10-20(27)8-16/h5-10,13-14H,11-12H2,1-4H3,(H2,28,30)(H,29,33)/t14-,24-/m0/s1. The number of aliphatic imine (C=N–C) groups is 1. The first kappa shape index (κ1) is 24.3. The molecule has 0 fully saturated rings. The molecule has 3 rings (SSSR count). The van der Waals surface area contributed by atoms with Crippen molar-refractivity contribution < 1.29 is 22.8 Å². The van der Waals surface area contributed by atoms with Crippen LogP contribution >= 0.6 is 0 Å². The fourth-order valence-electron chi connectivity index (χ4n) is 3.64. The molecule has 0 spiro atoms. The van der Waals surface area contributed by atoms with Crippen molar-refractivity contribution in [3.8, 4) is 0 Å². The molecule has 33 heavy (non-hydrogen) atoms. The quantitative estimate of drug-likeness (QED) is 0.682. The van der Waals surface area contributed by atoms with Crippen molar-refractivity contribution in [2.45, 2.75) is 52.2 Å². The Morgan fingerprint density at radius 1 is 1.09 bits per heavy atom. The second kappa shape index (κ2) is 9.25. The molecule has 2 atom stereocenters. The third kappa shape index (κ3) is 5.53. The molecule has 6 nitrogen and oxygen atoms in total. The number of rotatable bonds is 6. The first-order valence-corrected chi connectivity index (χ1v) is 10.6. The number of guanidine groups is 1. The van der Waals surface area contributed by atoms with Crippen LogP contribution in [0.5, 0.6) is 0 Å². The van der Waals surface area contributed by atoms with Crippen LogP contribution in [0, 0.1) is 23.4 Å². The lowest BCUT2D eigenvalue weighted by molar-refractivity contribution is -0.130. The van der Waals surface area contributed by atoms with Crippen LogP contribution < -0.4 is 11.1 Å². The van der Waals surface area contributed by atoms with Crippen LogP contribution in [0.15, 0.2) is 41.4 Å². The van der Waals surface area contributed by atoms with Crippen molar-refractivity contribution >= 4 is 17.8 Å². The number of hydrogen-bond donors (Lipinski definition) is 2. The zero-order chi connectivity index (χ0) is 24.5. The Labute approximate surface area is 190 Å². The van der Waals surface area contributed by atoms with Gasteiger partial charge in [0, 0.05) is 11.6 Å². The Bertz CT molecular complexity index is 1100. The number of carbonyl (C=O) groups excluding carboxylic acids is 2. The van der Waals surface area contributed by atoms with Crippen LogP contribution in [0.25, 0.3) is 0 Å². The summed E-state index contributed by atoms with van der Waals surface area (Å²) in [6.45, 7) is 7.27. The topological polar surface area (TPSA) is 87.8 Å². The van der Waals surface area contributed by atoms with E-state index in [1.165, 1.54) is 17.0 Å². The van der Waals surface area contributed by atoms with E-state index < -0.39 is 34.9 Å². The average Bonchev–Trinajstić information content (AvgIpc) is 2.69. The monoisotopic (exact) mass is 460 g/mol. The Morgan fingerprint density at radius 3 is 2.27 bits per heavy atom. The number of hydrogen-bond acceptors (Lipinski definition) is 4. The summed E-state index contributed by atoms with van der Waals surface area (Å²) in [6, 6.07) is 5.92. The Morgan fingerprint density at radius 2 is 1.70 bits per heavy atom. The summed E-state index contributed by atoms with van der Waals surface area (Å²) >= 11 is 0. The number of halogens is 3. The van der Waals surface area contributed by atoms with Gasteiger partial charge in [0.2, 0.25) is 5.91 Å². The highest BCUT2D eigenvalue weighted by Crippen LogP contribution is 2.30. The first-order chi connectivity index (χ1) is 15.4. The number of carbonyl (C=O) groups is 2. The van der Waals surface area contributed by atoms with E-state index in [4.69, 9.17) is 5.73 Å². The molecule has 2 amide bonds. The van der Waals surface area contributed by atoms with Gasteiger partial charge in [0.05, 0.1) is 24.5 Å². The van der Waals surface area contributed by atoms with E-state index in [0.29, 0.717) is 5.56 Å². The highest BCUT2D eigenvalue weighted by molar-refractivity contribution is 5.99. The lowest BCUT2D eigenvalue weighted by atomic mass is 9.84. The molecule has 0 aromatic heterocycles. The molecule has 0 aliphatic carbocycles. The van der Waals surface area contributed by atoms with Crippen LogP contribution in [0.2, 0.25) is 0 Å². The lowest BCUT2D eigenvalue weighted by Gasteiger charge is -2.37. The van der Waals surface area contributed by atoms with Gasteiger partial charge in [-0.2, -0.15) is 0 Å². The summed E-state index contributed by atoms with van der Waals surface area (Å²) in [6.07, 6.45) is 0.162. The normalized spacial score (nSPS) is 19.5. The summed E-state index contributed by atoms with van der Waals surface area (Å²) in [5.74, 6) is -2.94. The summed E-state index contributed by atoms with van der Waals surface area (Å²) in [7, 11) is 0. The second-order valence-electron chi connectivity index (χ2n) is 8.88. The Balaban J connectivity index is 1.79. The Hall–Kier alpha value is -3.36. The molecule has 176 valence electrons. The number of benzene rings is 2. The zero-order valence-corrected chi connectivity index (χ0v) is 19.0. The molecular weight excluding hydrogens is 433 g/mol. The lowest BCUT2D eigenvalue weighted by Crippen LogP contribution is -2.51. The van der Waals surface area contributed by atoms with Gasteiger partial charge in [-0.05, 0) is 61.2 Å². The third-order valence-corrected chi connectivity index (χ3v) is 5.99. The van der Waals surface area contributed by atoms with E-state index >= 15 is 0 Å². The van der Waals surface area contributed by atoms with Gasteiger partial charge >= 0.3 is 0 Å². The van der Waals surface area contributed by atoms with Gasteiger partial charge in [0.1, 0.15) is 17.5 Å². The zero-order valence-electron chi connectivity index (χ0n) is 19.0. The van der Waals surface area contributed by atoms with E-state index in [1.54, 1.807) is 6.92 Å². The highest BCUT2D eigenvalue weighted by Gasteiger charge is 2.38. The molecule has 1 heterocycles. The number of amides is 2. The van der Waals surface area contributed by atoms with Crippen LogP contribution in [-0.4, -0.2) is 28.2 Å². The maximum atomic E-state index is 14.3. The van der Waals surface area contributed by atoms with Gasteiger partial charge in [-0.15, -0.1) is 0 Å². The largest absolute Gasteiger partial charge is 0.369 e. The van der Waals surface area contributed by atoms with E-state index in [2.05, 4.69) is 10.3 Å². The molecular formula is C24H27F3N4O2. The number of nitrogens with two attached hydrogens (primary N) is 1. The average molecular weight is 461 g/mol. The van der Waals surface area contributed by atoms with Crippen molar-refractivity contribution in [3.63, 3.8) is 0 Å².